The molecule has 2 aromatic heterocycles. The highest BCUT2D eigenvalue weighted by atomic mass is 35.5. The molecule has 146 valence electrons. The number of likely N-dealkylation sites (tertiary alicyclic amines) is 1. The van der Waals surface area contributed by atoms with Gasteiger partial charge in [0.05, 0.1) is 23.2 Å². The molecular formula is C21H23ClN4O2. The Morgan fingerprint density at radius 2 is 1.89 bits per heavy atom. The van der Waals surface area contributed by atoms with Crippen molar-refractivity contribution in [1.29, 1.82) is 0 Å². The van der Waals surface area contributed by atoms with Gasteiger partial charge >= 0.3 is 0 Å². The maximum Gasteiger partial charge on any atom is 0.244 e. The van der Waals surface area contributed by atoms with Gasteiger partial charge in [-0.25, -0.2) is 4.98 Å². The minimum Gasteiger partial charge on any atom is -0.388 e. The molecule has 0 aliphatic carbocycles. The largest absolute Gasteiger partial charge is 0.388 e. The van der Waals surface area contributed by atoms with Gasteiger partial charge in [0, 0.05) is 19.3 Å². The van der Waals surface area contributed by atoms with E-state index in [1.54, 1.807) is 11.0 Å². The van der Waals surface area contributed by atoms with Gasteiger partial charge in [0.1, 0.15) is 11.2 Å². The molecule has 28 heavy (non-hydrogen) atoms. The van der Waals surface area contributed by atoms with Gasteiger partial charge in [0.15, 0.2) is 0 Å². The third kappa shape index (κ3) is 3.76. The van der Waals surface area contributed by atoms with Crippen LogP contribution in [0.25, 0.3) is 11.0 Å². The summed E-state index contributed by atoms with van der Waals surface area (Å²) in [6.07, 6.45) is 2.91. The van der Waals surface area contributed by atoms with Gasteiger partial charge in [-0.3, -0.25) is 4.79 Å². The average Bonchev–Trinajstić information content (AvgIpc) is 3.09. The molecule has 3 N–H and O–H groups in total. The van der Waals surface area contributed by atoms with Crippen LogP contribution < -0.4 is 5.73 Å². The van der Waals surface area contributed by atoms with Crippen LogP contribution in [-0.2, 0) is 11.3 Å². The highest BCUT2D eigenvalue weighted by Gasteiger charge is 2.35. The molecule has 4 rings (SSSR count). The molecule has 0 saturated carbocycles. The molecule has 1 atom stereocenters. The molecule has 0 bridgehead atoms. The van der Waals surface area contributed by atoms with E-state index in [0.29, 0.717) is 37.6 Å². The minimum atomic E-state index is -0.876. The molecule has 1 saturated heterocycles. The molecule has 7 heteroatoms. The summed E-state index contributed by atoms with van der Waals surface area (Å²) in [6.45, 7) is 1.42. The van der Waals surface area contributed by atoms with Crippen molar-refractivity contribution in [3.63, 3.8) is 0 Å². The average molecular weight is 399 g/mol. The molecule has 1 fully saturated rings. The molecule has 0 spiro atoms. The van der Waals surface area contributed by atoms with E-state index in [1.165, 1.54) is 0 Å². The standard InChI is InChI=1S/C21H23ClN4O2/c22-18-7-6-17-16(24-18)8-11-26(17)14-21(28)9-12-25(13-10-21)20(27)19(23)15-4-2-1-3-5-15/h1-8,11,19,28H,9-10,12-14,23H2/t19-/m0/s1. The van der Waals surface area contributed by atoms with Crippen molar-refractivity contribution in [2.24, 2.45) is 5.73 Å². The summed E-state index contributed by atoms with van der Waals surface area (Å²) in [4.78, 5) is 18.8. The fourth-order valence-corrected chi connectivity index (χ4v) is 3.96. The lowest BCUT2D eigenvalue weighted by Crippen LogP contribution is -2.50. The number of amides is 1. The molecule has 3 aromatic rings. The third-order valence-electron chi connectivity index (χ3n) is 5.49. The van der Waals surface area contributed by atoms with Gasteiger partial charge in [-0.15, -0.1) is 0 Å². The van der Waals surface area contributed by atoms with Crippen molar-refractivity contribution in [3.8, 4) is 0 Å². The number of fused-ring (bicyclic) bond motifs is 1. The van der Waals surface area contributed by atoms with Crippen LogP contribution in [0.15, 0.2) is 54.7 Å². The van der Waals surface area contributed by atoms with Crippen LogP contribution in [-0.4, -0.2) is 44.2 Å². The number of carbonyl (C=O) groups is 1. The van der Waals surface area contributed by atoms with Crippen LogP contribution in [0.3, 0.4) is 0 Å². The molecule has 6 nitrogen and oxygen atoms in total. The molecule has 1 aliphatic heterocycles. The summed E-state index contributed by atoms with van der Waals surface area (Å²) in [5.74, 6) is -0.0986. The summed E-state index contributed by atoms with van der Waals surface area (Å²) < 4.78 is 1.99. The van der Waals surface area contributed by atoms with E-state index in [2.05, 4.69) is 4.98 Å². The van der Waals surface area contributed by atoms with Gasteiger partial charge in [-0.05, 0) is 36.6 Å². The van der Waals surface area contributed by atoms with E-state index in [4.69, 9.17) is 17.3 Å². The normalized spacial score (nSPS) is 17.6. The lowest BCUT2D eigenvalue weighted by atomic mass is 9.90. The fourth-order valence-electron chi connectivity index (χ4n) is 3.81. The Morgan fingerprint density at radius 3 is 2.61 bits per heavy atom. The van der Waals surface area contributed by atoms with E-state index in [-0.39, 0.29) is 5.91 Å². The number of pyridine rings is 1. The number of hydrogen-bond donors (Lipinski definition) is 2. The van der Waals surface area contributed by atoms with Gasteiger partial charge in [-0.2, -0.15) is 0 Å². The highest BCUT2D eigenvalue weighted by Crippen LogP contribution is 2.28. The van der Waals surface area contributed by atoms with E-state index < -0.39 is 11.6 Å². The Labute approximate surface area is 168 Å². The first-order valence-electron chi connectivity index (χ1n) is 9.38. The van der Waals surface area contributed by atoms with Crippen molar-refractivity contribution in [1.82, 2.24) is 14.5 Å². The Hall–Kier alpha value is -2.41. The molecule has 3 heterocycles. The number of piperidine rings is 1. The summed E-state index contributed by atoms with van der Waals surface area (Å²) in [5, 5.41) is 11.5. The van der Waals surface area contributed by atoms with Crippen molar-refractivity contribution in [3.05, 3.63) is 65.4 Å². The van der Waals surface area contributed by atoms with Crippen LogP contribution >= 0.6 is 11.6 Å². The Kier molecular flexibility index (Phi) is 5.10. The summed E-state index contributed by atoms with van der Waals surface area (Å²) >= 11 is 5.95. The number of hydrogen-bond acceptors (Lipinski definition) is 4. The second-order valence-electron chi connectivity index (χ2n) is 7.42. The number of rotatable bonds is 4. The van der Waals surface area contributed by atoms with E-state index in [1.807, 2.05) is 53.2 Å². The van der Waals surface area contributed by atoms with E-state index in [0.717, 1.165) is 16.6 Å². The zero-order chi connectivity index (χ0) is 19.7. The van der Waals surface area contributed by atoms with Crippen LogP contribution in [0, 0.1) is 0 Å². The first-order chi connectivity index (χ1) is 13.5. The van der Waals surface area contributed by atoms with Crippen molar-refractivity contribution < 1.29 is 9.90 Å². The van der Waals surface area contributed by atoms with Crippen molar-refractivity contribution in [2.75, 3.05) is 13.1 Å². The summed E-state index contributed by atoms with van der Waals surface area (Å²) in [5.41, 5.74) is 7.81. The predicted octanol–water partition coefficient (Wildman–Crippen LogP) is 2.74. The van der Waals surface area contributed by atoms with E-state index in [9.17, 15) is 9.90 Å². The van der Waals surface area contributed by atoms with Crippen LogP contribution in [0.4, 0.5) is 0 Å². The molecular weight excluding hydrogens is 376 g/mol. The molecule has 1 amide bonds. The number of aromatic nitrogens is 2. The molecule has 0 radical (unpaired) electrons. The van der Waals surface area contributed by atoms with Gasteiger partial charge in [0.25, 0.3) is 0 Å². The van der Waals surface area contributed by atoms with Crippen LogP contribution in [0.5, 0.6) is 0 Å². The second kappa shape index (κ2) is 7.54. The fraction of sp³-hybridized carbons (Fsp3) is 0.333. The molecule has 1 aliphatic rings. The zero-order valence-electron chi connectivity index (χ0n) is 15.5. The predicted molar refractivity (Wildman–Crippen MR) is 109 cm³/mol. The van der Waals surface area contributed by atoms with Crippen LogP contribution in [0.1, 0.15) is 24.4 Å². The zero-order valence-corrected chi connectivity index (χ0v) is 16.2. The molecule has 1 aromatic carbocycles. The first-order valence-corrected chi connectivity index (χ1v) is 9.76. The Balaban J connectivity index is 1.42. The van der Waals surface area contributed by atoms with Crippen molar-refractivity contribution in [2.45, 2.75) is 31.0 Å². The summed E-state index contributed by atoms with van der Waals surface area (Å²) in [6, 6.07) is 14.2. The monoisotopic (exact) mass is 398 g/mol. The second-order valence-corrected chi connectivity index (χ2v) is 7.81. The minimum absolute atomic E-state index is 0.0986. The van der Waals surface area contributed by atoms with Gasteiger partial charge in [0.2, 0.25) is 5.91 Å². The summed E-state index contributed by atoms with van der Waals surface area (Å²) in [7, 11) is 0. The van der Waals surface area contributed by atoms with Gasteiger partial charge < -0.3 is 20.3 Å². The number of nitrogens with zero attached hydrogens (tertiary/aromatic N) is 3. The number of halogens is 1. The number of carbonyl (C=O) groups excluding carboxylic acids is 1. The lowest BCUT2D eigenvalue weighted by molar-refractivity contribution is -0.137. The topological polar surface area (TPSA) is 84.4 Å². The van der Waals surface area contributed by atoms with Crippen molar-refractivity contribution >= 4 is 28.5 Å². The highest BCUT2D eigenvalue weighted by molar-refractivity contribution is 6.29. The maximum atomic E-state index is 12.7. The Bertz CT molecular complexity index is 980. The SMILES string of the molecule is N[C@H](C(=O)N1CCC(O)(Cn2ccc3nc(Cl)ccc32)CC1)c1ccccc1. The van der Waals surface area contributed by atoms with Crippen LogP contribution in [0.2, 0.25) is 5.15 Å². The smallest absolute Gasteiger partial charge is 0.244 e. The van der Waals surface area contributed by atoms with E-state index >= 15 is 0 Å². The number of benzene rings is 1. The maximum absolute atomic E-state index is 12.7. The quantitative estimate of drug-likeness (QED) is 0.662. The molecule has 0 unspecified atom stereocenters. The Morgan fingerprint density at radius 1 is 1.18 bits per heavy atom. The van der Waals surface area contributed by atoms with Gasteiger partial charge in [-0.1, -0.05) is 41.9 Å². The lowest BCUT2D eigenvalue weighted by Gasteiger charge is -2.39. The number of aliphatic hydroxyl groups is 1. The first kappa shape index (κ1) is 18.9. The number of nitrogens with two attached hydrogens (primary N) is 1. The third-order valence-corrected chi connectivity index (χ3v) is 5.70.